The number of amides is 1. The average molecular weight is 380 g/mol. The first-order valence-electron chi connectivity index (χ1n) is 9.01. The van der Waals surface area contributed by atoms with Crippen molar-refractivity contribution in [2.45, 2.75) is 6.54 Å². The molecule has 0 radical (unpaired) electrons. The molecule has 140 valence electrons. The van der Waals surface area contributed by atoms with Gasteiger partial charge >= 0.3 is 5.69 Å². The molecule has 1 aromatic heterocycles. The molecule has 0 bridgehead atoms. The van der Waals surface area contributed by atoms with Gasteiger partial charge in [-0.25, -0.2) is 4.79 Å². The number of hydrogen-bond acceptors (Lipinski definition) is 4. The zero-order valence-electron chi connectivity index (χ0n) is 15.4. The van der Waals surface area contributed by atoms with Crippen molar-refractivity contribution in [1.82, 2.24) is 9.55 Å². The van der Waals surface area contributed by atoms with E-state index in [9.17, 15) is 14.9 Å². The number of para-hydroxylation sites is 2. The van der Waals surface area contributed by atoms with Gasteiger partial charge in [0.25, 0.3) is 0 Å². The number of aromatic nitrogens is 2. The van der Waals surface area contributed by atoms with Crippen molar-refractivity contribution in [1.29, 1.82) is 5.26 Å². The van der Waals surface area contributed by atoms with Gasteiger partial charge in [-0.15, -0.1) is 0 Å². The number of anilines is 1. The molecule has 6 heteroatoms. The smallest absolute Gasteiger partial charge is 0.323 e. The molecule has 0 atom stereocenters. The van der Waals surface area contributed by atoms with Crippen LogP contribution in [0, 0.1) is 11.3 Å². The number of carbonyl (C=O) groups excluding carboxylic acids is 1. The van der Waals surface area contributed by atoms with Crippen LogP contribution in [0.4, 0.5) is 5.69 Å². The van der Waals surface area contributed by atoms with Gasteiger partial charge in [0.15, 0.2) is 0 Å². The fraction of sp³-hybridized carbons (Fsp3) is 0.0435. The minimum Gasteiger partial charge on any atom is -0.323 e. The van der Waals surface area contributed by atoms with E-state index in [1.165, 1.54) is 4.57 Å². The molecule has 6 nitrogen and oxygen atoms in total. The molecule has 4 aromatic rings. The molecule has 1 heterocycles. The van der Waals surface area contributed by atoms with Crippen molar-refractivity contribution in [2.75, 3.05) is 5.32 Å². The Balaban J connectivity index is 1.74. The fourth-order valence-electron chi connectivity index (χ4n) is 3.22. The van der Waals surface area contributed by atoms with E-state index < -0.39 is 11.6 Å². The third-order valence-electron chi connectivity index (χ3n) is 4.56. The summed E-state index contributed by atoms with van der Waals surface area (Å²) in [4.78, 5) is 29.6. The summed E-state index contributed by atoms with van der Waals surface area (Å²) in [6.45, 7) is -0.207. The topological polar surface area (TPSA) is 87.8 Å². The van der Waals surface area contributed by atoms with Crippen molar-refractivity contribution < 1.29 is 4.79 Å². The maximum atomic E-state index is 12.8. The fourth-order valence-corrected chi connectivity index (χ4v) is 3.22. The zero-order chi connectivity index (χ0) is 20.2. The maximum Gasteiger partial charge on any atom is 0.349 e. The largest absolute Gasteiger partial charge is 0.349 e. The SMILES string of the molecule is N#Cc1ccccc1NC(=O)Cn1c(=O)nc(-c2ccccc2)c2ccccc21. The van der Waals surface area contributed by atoms with Gasteiger partial charge in [0.2, 0.25) is 5.91 Å². The van der Waals surface area contributed by atoms with Gasteiger partial charge in [-0.1, -0.05) is 60.7 Å². The van der Waals surface area contributed by atoms with E-state index in [4.69, 9.17) is 0 Å². The molecule has 1 N–H and O–H groups in total. The Kier molecular flexibility index (Phi) is 4.87. The molecule has 0 fully saturated rings. The van der Waals surface area contributed by atoms with E-state index >= 15 is 0 Å². The van der Waals surface area contributed by atoms with Gasteiger partial charge in [-0.3, -0.25) is 9.36 Å². The van der Waals surface area contributed by atoms with Crippen molar-refractivity contribution in [2.24, 2.45) is 0 Å². The number of nitrogens with zero attached hydrogens (tertiary/aromatic N) is 3. The van der Waals surface area contributed by atoms with Gasteiger partial charge in [-0.05, 0) is 18.2 Å². The molecular weight excluding hydrogens is 364 g/mol. The Morgan fingerprint density at radius 1 is 0.966 bits per heavy atom. The predicted octanol–water partition coefficient (Wildman–Crippen LogP) is 3.57. The van der Waals surface area contributed by atoms with Crippen LogP contribution in [0.2, 0.25) is 0 Å². The zero-order valence-corrected chi connectivity index (χ0v) is 15.4. The highest BCUT2D eigenvalue weighted by Gasteiger charge is 2.15. The summed E-state index contributed by atoms with van der Waals surface area (Å²) in [6, 6.07) is 25.6. The first-order chi connectivity index (χ1) is 14.2. The lowest BCUT2D eigenvalue weighted by molar-refractivity contribution is -0.116. The highest BCUT2D eigenvalue weighted by Crippen LogP contribution is 2.25. The van der Waals surface area contributed by atoms with Crippen LogP contribution in [0.15, 0.2) is 83.7 Å². The lowest BCUT2D eigenvalue weighted by Gasteiger charge is -2.13. The van der Waals surface area contributed by atoms with Gasteiger partial charge in [0.05, 0.1) is 22.5 Å². The number of fused-ring (bicyclic) bond motifs is 1. The van der Waals surface area contributed by atoms with Crippen molar-refractivity contribution in [3.8, 4) is 17.3 Å². The van der Waals surface area contributed by atoms with Gasteiger partial charge < -0.3 is 5.32 Å². The van der Waals surface area contributed by atoms with Crippen molar-refractivity contribution in [3.63, 3.8) is 0 Å². The Labute approximate surface area is 166 Å². The van der Waals surface area contributed by atoms with Crippen LogP contribution in [0.5, 0.6) is 0 Å². The third-order valence-corrected chi connectivity index (χ3v) is 4.56. The van der Waals surface area contributed by atoms with E-state index in [2.05, 4.69) is 10.3 Å². The summed E-state index contributed by atoms with van der Waals surface area (Å²) in [5.74, 6) is -0.408. The van der Waals surface area contributed by atoms with Crippen LogP contribution in [-0.4, -0.2) is 15.5 Å². The van der Waals surface area contributed by atoms with Crippen molar-refractivity contribution in [3.05, 3.63) is 94.9 Å². The van der Waals surface area contributed by atoms with E-state index in [0.717, 1.165) is 10.9 Å². The van der Waals surface area contributed by atoms with Gasteiger partial charge in [-0.2, -0.15) is 10.2 Å². The third kappa shape index (κ3) is 3.62. The monoisotopic (exact) mass is 380 g/mol. The van der Waals surface area contributed by atoms with E-state index in [1.807, 2.05) is 54.6 Å². The second-order valence-corrected chi connectivity index (χ2v) is 6.42. The number of rotatable bonds is 4. The standard InChI is InChI=1S/C23H16N4O2/c24-14-17-10-4-6-12-19(17)25-21(28)15-27-20-13-7-5-11-18(20)22(26-23(27)29)16-8-2-1-3-9-16/h1-13H,15H2,(H,25,28). The van der Waals surface area contributed by atoms with Crippen LogP contribution in [0.25, 0.3) is 22.2 Å². The van der Waals surface area contributed by atoms with Crippen LogP contribution >= 0.6 is 0 Å². The second-order valence-electron chi connectivity index (χ2n) is 6.42. The molecule has 1 amide bonds. The molecule has 0 aliphatic carbocycles. The molecule has 0 unspecified atom stereocenters. The molecule has 0 saturated heterocycles. The molecule has 4 rings (SSSR count). The molecule has 3 aromatic carbocycles. The Morgan fingerprint density at radius 2 is 1.66 bits per heavy atom. The second kappa shape index (κ2) is 7.79. The maximum absolute atomic E-state index is 12.8. The minimum absolute atomic E-state index is 0.207. The summed E-state index contributed by atoms with van der Waals surface area (Å²) in [5, 5.41) is 12.7. The van der Waals surface area contributed by atoms with Crippen LogP contribution in [-0.2, 0) is 11.3 Å². The first kappa shape index (κ1) is 18.1. The Hall–Kier alpha value is -4.24. The van der Waals surface area contributed by atoms with Gasteiger partial charge in [0.1, 0.15) is 12.6 Å². The molecular formula is C23H16N4O2. The Bertz CT molecular complexity index is 1300. The van der Waals surface area contributed by atoms with E-state index in [-0.39, 0.29) is 6.54 Å². The highest BCUT2D eigenvalue weighted by atomic mass is 16.2. The van der Waals surface area contributed by atoms with Gasteiger partial charge in [0, 0.05) is 10.9 Å². The molecule has 29 heavy (non-hydrogen) atoms. The Morgan fingerprint density at radius 3 is 2.45 bits per heavy atom. The lowest BCUT2D eigenvalue weighted by atomic mass is 10.1. The summed E-state index contributed by atoms with van der Waals surface area (Å²) in [6.07, 6.45) is 0. The van der Waals surface area contributed by atoms with Crippen LogP contribution < -0.4 is 11.0 Å². The number of benzene rings is 3. The number of hydrogen-bond donors (Lipinski definition) is 1. The predicted molar refractivity (Wildman–Crippen MR) is 111 cm³/mol. The van der Waals surface area contributed by atoms with Crippen molar-refractivity contribution >= 4 is 22.5 Å². The number of nitrogens with one attached hydrogen (secondary N) is 1. The molecule has 0 spiro atoms. The van der Waals surface area contributed by atoms with Crippen LogP contribution in [0.3, 0.4) is 0 Å². The van der Waals surface area contributed by atoms with E-state index in [1.54, 1.807) is 30.3 Å². The summed E-state index contributed by atoms with van der Waals surface area (Å²) in [7, 11) is 0. The summed E-state index contributed by atoms with van der Waals surface area (Å²) >= 11 is 0. The number of nitriles is 1. The molecule has 0 saturated carbocycles. The normalized spacial score (nSPS) is 10.4. The summed E-state index contributed by atoms with van der Waals surface area (Å²) in [5.41, 5.74) is 2.29. The lowest BCUT2D eigenvalue weighted by Crippen LogP contribution is -2.30. The summed E-state index contributed by atoms with van der Waals surface area (Å²) < 4.78 is 1.34. The highest BCUT2D eigenvalue weighted by molar-refractivity contribution is 5.95. The molecule has 0 aliphatic heterocycles. The first-order valence-corrected chi connectivity index (χ1v) is 9.01. The minimum atomic E-state index is -0.508. The quantitative estimate of drug-likeness (QED) is 0.586. The number of carbonyl (C=O) groups is 1. The van der Waals surface area contributed by atoms with Crippen LogP contribution in [0.1, 0.15) is 5.56 Å². The average Bonchev–Trinajstić information content (AvgIpc) is 2.76. The molecule has 0 aliphatic rings. The van der Waals surface area contributed by atoms with E-state index in [0.29, 0.717) is 22.5 Å².